The SMILES string of the molecule is Nc1cccc(-c2nc3cc(Cl)c(Cl)cc3o2)c1. The molecule has 0 bridgehead atoms. The summed E-state index contributed by atoms with van der Waals surface area (Å²) in [4.78, 5) is 4.36. The molecule has 1 heterocycles. The lowest BCUT2D eigenvalue weighted by Crippen LogP contribution is -1.84. The van der Waals surface area contributed by atoms with Gasteiger partial charge in [-0.15, -0.1) is 0 Å². The van der Waals surface area contributed by atoms with E-state index in [1.54, 1.807) is 24.3 Å². The van der Waals surface area contributed by atoms with Gasteiger partial charge in [-0.1, -0.05) is 29.3 Å². The zero-order valence-corrected chi connectivity index (χ0v) is 10.7. The molecule has 3 aromatic rings. The molecule has 0 saturated heterocycles. The summed E-state index contributed by atoms with van der Waals surface area (Å²) in [5, 5.41) is 0.899. The lowest BCUT2D eigenvalue weighted by Gasteiger charge is -1.96. The third-order valence-corrected chi connectivity index (χ3v) is 3.29. The van der Waals surface area contributed by atoms with E-state index in [4.69, 9.17) is 33.4 Å². The molecule has 0 aliphatic heterocycles. The molecule has 0 unspecified atom stereocenters. The van der Waals surface area contributed by atoms with Crippen molar-refractivity contribution in [3.8, 4) is 11.5 Å². The standard InChI is InChI=1S/C13H8Cl2N2O/c14-9-5-11-12(6-10(9)15)18-13(17-11)7-2-1-3-8(16)4-7/h1-6H,16H2. The summed E-state index contributed by atoms with van der Waals surface area (Å²) < 4.78 is 5.64. The fourth-order valence-corrected chi connectivity index (χ4v) is 2.03. The highest BCUT2D eigenvalue weighted by Crippen LogP contribution is 2.31. The van der Waals surface area contributed by atoms with Gasteiger partial charge < -0.3 is 10.2 Å². The first-order valence-electron chi connectivity index (χ1n) is 5.25. The molecule has 0 fully saturated rings. The molecule has 3 rings (SSSR count). The van der Waals surface area contributed by atoms with Crippen LogP contribution in [0.5, 0.6) is 0 Å². The van der Waals surface area contributed by atoms with Gasteiger partial charge >= 0.3 is 0 Å². The van der Waals surface area contributed by atoms with Crippen molar-refractivity contribution < 1.29 is 4.42 Å². The van der Waals surface area contributed by atoms with E-state index < -0.39 is 0 Å². The van der Waals surface area contributed by atoms with Crippen molar-refractivity contribution in [2.24, 2.45) is 0 Å². The van der Waals surface area contributed by atoms with Gasteiger partial charge in [0.1, 0.15) is 5.52 Å². The van der Waals surface area contributed by atoms with Crippen LogP contribution < -0.4 is 5.73 Å². The number of nitrogens with zero attached hydrogens (tertiary/aromatic N) is 1. The molecule has 0 aliphatic rings. The van der Waals surface area contributed by atoms with Crippen molar-refractivity contribution in [2.75, 3.05) is 5.73 Å². The molecule has 5 heteroatoms. The number of rotatable bonds is 1. The third kappa shape index (κ3) is 1.92. The number of benzene rings is 2. The zero-order chi connectivity index (χ0) is 12.7. The predicted molar refractivity (Wildman–Crippen MR) is 73.9 cm³/mol. The van der Waals surface area contributed by atoms with Crippen LogP contribution >= 0.6 is 23.2 Å². The lowest BCUT2D eigenvalue weighted by molar-refractivity contribution is 0.620. The molecule has 2 N–H and O–H groups in total. The summed E-state index contributed by atoms with van der Waals surface area (Å²) in [7, 11) is 0. The Kier molecular flexibility index (Phi) is 2.65. The molecule has 1 aromatic heterocycles. The van der Waals surface area contributed by atoms with Crippen molar-refractivity contribution in [1.82, 2.24) is 4.98 Å². The Labute approximate surface area is 113 Å². The number of anilines is 1. The van der Waals surface area contributed by atoms with E-state index in [-0.39, 0.29) is 0 Å². The van der Waals surface area contributed by atoms with Crippen LogP contribution in [0.3, 0.4) is 0 Å². The minimum Gasteiger partial charge on any atom is -0.436 e. The van der Waals surface area contributed by atoms with Crippen molar-refractivity contribution in [3.05, 3.63) is 46.4 Å². The largest absolute Gasteiger partial charge is 0.436 e. The second-order valence-electron chi connectivity index (χ2n) is 3.88. The van der Waals surface area contributed by atoms with E-state index >= 15 is 0 Å². The Morgan fingerprint density at radius 1 is 1.06 bits per heavy atom. The molecule has 0 spiro atoms. The van der Waals surface area contributed by atoms with Crippen LogP contribution in [0, 0.1) is 0 Å². The fourth-order valence-electron chi connectivity index (χ4n) is 1.72. The van der Waals surface area contributed by atoms with Gasteiger partial charge in [0.25, 0.3) is 0 Å². The highest BCUT2D eigenvalue weighted by atomic mass is 35.5. The van der Waals surface area contributed by atoms with Gasteiger partial charge in [-0.05, 0) is 24.3 Å². The summed E-state index contributed by atoms with van der Waals surface area (Å²) in [5.74, 6) is 0.496. The maximum absolute atomic E-state index is 5.93. The Balaban J connectivity index is 2.19. The summed E-state index contributed by atoms with van der Waals surface area (Å²) >= 11 is 11.9. The molecule has 0 aliphatic carbocycles. The van der Waals surface area contributed by atoms with Crippen LogP contribution in [0.2, 0.25) is 10.0 Å². The molecule has 3 nitrogen and oxygen atoms in total. The Bertz CT molecular complexity index is 698. The number of oxazole rings is 1. The average molecular weight is 279 g/mol. The van der Waals surface area contributed by atoms with Crippen molar-refractivity contribution in [2.45, 2.75) is 0 Å². The molecular weight excluding hydrogens is 271 g/mol. The van der Waals surface area contributed by atoms with Crippen molar-refractivity contribution >= 4 is 40.0 Å². The normalized spacial score (nSPS) is 11.0. The summed E-state index contributed by atoms with van der Waals surface area (Å²) in [6, 6.07) is 10.7. The third-order valence-electron chi connectivity index (χ3n) is 2.56. The summed E-state index contributed by atoms with van der Waals surface area (Å²) in [6.45, 7) is 0. The van der Waals surface area contributed by atoms with Crippen molar-refractivity contribution in [1.29, 1.82) is 0 Å². The van der Waals surface area contributed by atoms with Crippen LogP contribution in [0.4, 0.5) is 5.69 Å². The van der Waals surface area contributed by atoms with Gasteiger partial charge in [0.2, 0.25) is 5.89 Å². The molecule has 18 heavy (non-hydrogen) atoms. The van der Waals surface area contributed by atoms with Gasteiger partial charge in [-0.2, -0.15) is 0 Å². The lowest BCUT2D eigenvalue weighted by atomic mass is 10.2. The Morgan fingerprint density at radius 2 is 1.83 bits per heavy atom. The molecular formula is C13H8Cl2N2O. The van der Waals surface area contributed by atoms with Gasteiger partial charge in [-0.3, -0.25) is 0 Å². The van der Waals surface area contributed by atoms with E-state index in [0.29, 0.717) is 32.7 Å². The average Bonchev–Trinajstić information content (AvgIpc) is 2.73. The number of aromatic nitrogens is 1. The fraction of sp³-hybridized carbons (Fsp3) is 0. The smallest absolute Gasteiger partial charge is 0.227 e. The van der Waals surface area contributed by atoms with Crippen molar-refractivity contribution in [3.63, 3.8) is 0 Å². The van der Waals surface area contributed by atoms with Gasteiger partial charge in [0.05, 0.1) is 10.0 Å². The second kappa shape index (κ2) is 4.19. The molecule has 90 valence electrons. The number of hydrogen-bond acceptors (Lipinski definition) is 3. The molecule has 2 aromatic carbocycles. The molecule has 0 radical (unpaired) electrons. The molecule has 0 amide bonds. The number of nitrogens with two attached hydrogens (primary N) is 1. The monoisotopic (exact) mass is 278 g/mol. The van der Waals surface area contributed by atoms with E-state index in [1.165, 1.54) is 0 Å². The highest BCUT2D eigenvalue weighted by Gasteiger charge is 2.10. The molecule has 0 saturated carbocycles. The summed E-state index contributed by atoms with van der Waals surface area (Å²) in [5.41, 5.74) is 8.47. The van der Waals surface area contributed by atoms with Gasteiger partial charge in [-0.25, -0.2) is 4.98 Å². The van der Waals surface area contributed by atoms with Crippen LogP contribution in [-0.4, -0.2) is 4.98 Å². The maximum Gasteiger partial charge on any atom is 0.227 e. The first kappa shape index (κ1) is 11.4. The topological polar surface area (TPSA) is 52.0 Å². The van der Waals surface area contributed by atoms with Crippen LogP contribution in [0.25, 0.3) is 22.6 Å². The number of fused-ring (bicyclic) bond motifs is 1. The van der Waals surface area contributed by atoms with Crippen LogP contribution in [0.15, 0.2) is 40.8 Å². The highest BCUT2D eigenvalue weighted by molar-refractivity contribution is 6.42. The van der Waals surface area contributed by atoms with Gasteiger partial charge in [0, 0.05) is 17.3 Å². The number of halogens is 2. The Hall–Kier alpha value is -1.71. The number of hydrogen-bond donors (Lipinski definition) is 1. The van der Waals surface area contributed by atoms with E-state index in [9.17, 15) is 0 Å². The maximum atomic E-state index is 5.93. The second-order valence-corrected chi connectivity index (χ2v) is 4.69. The van der Waals surface area contributed by atoms with E-state index in [0.717, 1.165) is 5.56 Å². The van der Waals surface area contributed by atoms with Gasteiger partial charge in [0.15, 0.2) is 5.58 Å². The first-order valence-corrected chi connectivity index (χ1v) is 6.00. The van der Waals surface area contributed by atoms with E-state index in [1.807, 2.05) is 12.1 Å². The minimum absolute atomic E-state index is 0.444. The Morgan fingerprint density at radius 3 is 2.61 bits per heavy atom. The van der Waals surface area contributed by atoms with E-state index in [2.05, 4.69) is 4.98 Å². The quantitative estimate of drug-likeness (QED) is 0.672. The summed E-state index contributed by atoms with van der Waals surface area (Å²) in [6.07, 6.45) is 0. The minimum atomic E-state index is 0.444. The first-order chi connectivity index (χ1) is 8.63. The predicted octanol–water partition coefficient (Wildman–Crippen LogP) is 4.38. The molecule has 0 atom stereocenters. The van der Waals surface area contributed by atoms with Crippen LogP contribution in [0.1, 0.15) is 0 Å². The zero-order valence-electron chi connectivity index (χ0n) is 9.15. The number of nitrogen functional groups attached to an aromatic ring is 1. The van der Waals surface area contributed by atoms with Crippen LogP contribution in [-0.2, 0) is 0 Å².